The van der Waals surface area contributed by atoms with Crippen LogP contribution in [0.25, 0.3) is 10.9 Å². The van der Waals surface area contributed by atoms with Crippen LogP contribution in [0.3, 0.4) is 0 Å². The van der Waals surface area contributed by atoms with Gasteiger partial charge in [0.2, 0.25) is 0 Å². The predicted molar refractivity (Wildman–Crippen MR) is 91.8 cm³/mol. The van der Waals surface area contributed by atoms with Crippen LogP contribution in [0.5, 0.6) is 0 Å². The Bertz CT molecular complexity index is 740. The first-order valence-corrected chi connectivity index (χ1v) is 7.64. The molecule has 1 atom stereocenters. The zero-order chi connectivity index (χ0) is 13.9. The fourth-order valence-electron chi connectivity index (χ4n) is 2.47. The van der Waals surface area contributed by atoms with Gasteiger partial charge < -0.3 is 5.32 Å². The van der Waals surface area contributed by atoms with Crippen molar-refractivity contribution in [2.24, 2.45) is 0 Å². The van der Waals surface area contributed by atoms with Crippen LogP contribution in [0.4, 0.5) is 0 Å². The predicted octanol–water partition coefficient (Wildman–Crippen LogP) is 4.15. The molecule has 0 aliphatic rings. The average molecular weight is 374 g/mol. The highest BCUT2D eigenvalue weighted by Gasteiger charge is 2.14. The summed E-state index contributed by atoms with van der Waals surface area (Å²) in [7, 11) is 2.00. The molecular formula is C17H15IN2. The number of hydrogen-bond acceptors (Lipinski definition) is 2. The second-order valence-corrected chi connectivity index (χ2v) is 5.86. The van der Waals surface area contributed by atoms with Crippen LogP contribution in [0, 0.1) is 3.57 Å². The molecule has 0 fully saturated rings. The average Bonchev–Trinajstić information content (AvgIpc) is 2.50. The molecule has 0 saturated heterocycles. The number of halogens is 1. The van der Waals surface area contributed by atoms with Crippen molar-refractivity contribution in [2.75, 3.05) is 7.05 Å². The molecule has 1 unspecified atom stereocenters. The van der Waals surface area contributed by atoms with Gasteiger partial charge in [0.25, 0.3) is 0 Å². The highest BCUT2D eigenvalue weighted by Crippen LogP contribution is 2.27. The van der Waals surface area contributed by atoms with Crippen LogP contribution in [0.2, 0.25) is 0 Å². The first-order chi connectivity index (χ1) is 9.79. The number of benzene rings is 2. The number of nitrogens with zero attached hydrogens (tertiary/aromatic N) is 1. The molecule has 3 aromatic rings. The van der Waals surface area contributed by atoms with Crippen molar-refractivity contribution in [1.29, 1.82) is 0 Å². The number of pyridine rings is 1. The van der Waals surface area contributed by atoms with Gasteiger partial charge in [0, 0.05) is 15.2 Å². The normalized spacial score (nSPS) is 12.5. The number of hydrogen-bond donors (Lipinski definition) is 1. The molecule has 0 aliphatic heterocycles. The minimum absolute atomic E-state index is 0.189. The van der Waals surface area contributed by atoms with Gasteiger partial charge in [-0.05, 0) is 59.0 Å². The van der Waals surface area contributed by atoms with Gasteiger partial charge >= 0.3 is 0 Å². The Hall–Kier alpha value is -1.46. The molecule has 2 nitrogen and oxygen atoms in total. The summed E-state index contributed by atoms with van der Waals surface area (Å²) >= 11 is 2.39. The monoisotopic (exact) mass is 374 g/mol. The molecule has 0 bridgehead atoms. The fourth-order valence-corrected chi connectivity index (χ4v) is 3.17. The summed E-state index contributed by atoms with van der Waals surface area (Å²) in [6, 6.07) is 19.2. The molecule has 0 aliphatic carbocycles. The summed E-state index contributed by atoms with van der Waals surface area (Å²) in [5.74, 6) is 0. The number of fused-ring (bicyclic) bond motifs is 1. The van der Waals surface area contributed by atoms with E-state index in [-0.39, 0.29) is 6.04 Å². The van der Waals surface area contributed by atoms with E-state index in [0.717, 1.165) is 5.52 Å². The first-order valence-electron chi connectivity index (χ1n) is 6.56. The Balaban J connectivity index is 2.10. The van der Waals surface area contributed by atoms with Crippen LogP contribution in [0.15, 0.2) is 60.8 Å². The van der Waals surface area contributed by atoms with Gasteiger partial charge in [0.15, 0.2) is 0 Å². The number of nitrogens with one attached hydrogen (secondary N) is 1. The van der Waals surface area contributed by atoms with E-state index in [0.29, 0.717) is 0 Å². The van der Waals surface area contributed by atoms with Crippen LogP contribution in [-0.2, 0) is 0 Å². The molecular weight excluding hydrogens is 359 g/mol. The summed E-state index contributed by atoms with van der Waals surface area (Å²) < 4.78 is 1.27. The molecule has 3 rings (SSSR count). The van der Waals surface area contributed by atoms with Crippen molar-refractivity contribution in [3.8, 4) is 0 Å². The second-order valence-electron chi connectivity index (χ2n) is 4.70. The quantitative estimate of drug-likeness (QED) is 0.697. The minimum atomic E-state index is 0.189. The summed E-state index contributed by atoms with van der Waals surface area (Å²) in [5, 5.41) is 4.58. The maximum atomic E-state index is 4.45. The van der Waals surface area contributed by atoms with Crippen LogP contribution >= 0.6 is 22.6 Å². The van der Waals surface area contributed by atoms with Gasteiger partial charge in [-0.1, -0.05) is 36.4 Å². The Labute approximate surface area is 132 Å². The summed E-state index contributed by atoms with van der Waals surface area (Å²) in [6.45, 7) is 0. The Kier molecular flexibility index (Phi) is 3.98. The van der Waals surface area contributed by atoms with E-state index >= 15 is 0 Å². The van der Waals surface area contributed by atoms with Gasteiger partial charge in [0.1, 0.15) is 0 Å². The molecule has 0 amide bonds. The van der Waals surface area contributed by atoms with E-state index in [1.54, 1.807) is 0 Å². The zero-order valence-corrected chi connectivity index (χ0v) is 13.3. The van der Waals surface area contributed by atoms with Gasteiger partial charge in [0.05, 0.1) is 11.6 Å². The Morgan fingerprint density at radius 3 is 2.70 bits per heavy atom. The number of aromatic nitrogens is 1. The summed E-state index contributed by atoms with van der Waals surface area (Å²) in [6.07, 6.45) is 1.84. The third-order valence-electron chi connectivity index (χ3n) is 3.47. The lowest BCUT2D eigenvalue weighted by Gasteiger charge is -2.19. The first kappa shape index (κ1) is 13.5. The Morgan fingerprint density at radius 1 is 1.05 bits per heavy atom. The third kappa shape index (κ3) is 2.55. The van der Waals surface area contributed by atoms with Gasteiger partial charge in [-0.3, -0.25) is 4.98 Å². The van der Waals surface area contributed by atoms with Gasteiger partial charge in [-0.15, -0.1) is 0 Å². The number of rotatable bonds is 3. The highest BCUT2D eigenvalue weighted by atomic mass is 127. The molecule has 1 N–H and O–H groups in total. The van der Waals surface area contributed by atoms with Crippen molar-refractivity contribution in [1.82, 2.24) is 10.3 Å². The largest absolute Gasteiger partial charge is 0.309 e. The van der Waals surface area contributed by atoms with E-state index < -0.39 is 0 Å². The molecule has 3 heteroatoms. The van der Waals surface area contributed by atoms with Crippen LogP contribution in [0.1, 0.15) is 17.2 Å². The van der Waals surface area contributed by atoms with Crippen molar-refractivity contribution >= 4 is 33.5 Å². The fraction of sp³-hybridized carbons (Fsp3) is 0.118. The smallest absolute Gasteiger partial charge is 0.0705 e. The molecule has 20 heavy (non-hydrogen) atoms. The van der Waals surface area contributed by atoms with Crippen molar-refractivity contribution < 1.29 is 0 Å². The van der Waals surface area contributed by atoms with E-state index in [4.69, 9.17) is 0 Å². The molecule has 2 aromatic carbocycles. The van der Waals surface area contributed by atoms with E-state index in [2.05, 4.69) is 81.4 Å². The SMILES string of the molecule is CNC(c1ccc2cccnc2c1)c1ccccc1I. The van der Waals surface area contributed by atoms with Crippen molar-refractivity contribution in [3.63, 3.8) is 0 Å². The molecule has 0 saturated carbocycles. The molecule has 1 aromatic heterocycles. The Morgan fingerprint density at radius 2 is 1.90 bits per heavy atom. The van der Waals surface area contributed by atoms with Crippen molar-refractivity contribution in [3.05, 3.63) is 75.5 Å². The maximum absolute atomic E-state index is 4.45. The maximum Gasteiger partial charge on any atom is 0.0705 e. The van der Waals surface area contributed by atoms with E-state index in [1.807, 2.05) is 19.3 Å². The molecule has 100 valence electrons. The van der Waals surface area contributed by atoms with Crippen LogP contribution < -0.4 is 5.32 Å². The second kappa shape index (κ2) is 5.89. The minimum Gasteiger partial charge on any atom is -0.309 e. The third-order valence-corrected chi connectivity index (χ3v) is 4.45. The van der Waals surface area contributed by atoms with Crippen LogP contribution in [-0.4, -0.2) is 12.0 Å². The lowest BCUT2D eigenvalue weighted by molar-refractivity contribution is 0.689. The van der Waals surface area contributed by atoms with Crippen molar-refractivity contribution in [2.45, 2.75) is 6.04 Å². The standard InChI is InChI=1S/C17H15IN2/c1-19-17(14-6-2-3-7-15(14)18)13-9-8-12-5-4-10-20-16(12)11-13/h2-11,17,19H,1H3. The van der Waals surface area contributed by atoms with E-state index in [1.165, 1.54) is 20.1 Å². The summed E-state index contributed by atoms with van der Waals surface area (Å²) in [4.78, 5) is 4.45. The van der Waals surface area contributed by atoms with E-state index in [9.17, 15) is 0 Å². The highest BCUT2D eigenvalue weighted by molar-refractivity contribution is 14.1. The lowest BCUT2D eigenvalue weighted by atomic mass is 9.98. The van der Waals surface area contributed by atoms with Gasteiger partial charge in [-0.25, -0.2) is 0 Å². The summed E-state index contributed by atoms with van der Waals surface area (Å²) in [5.41, 5.74) is 3.57. The molecule has 0 spiro atoms. The molecule has 1 heterocycles. The van der Waals surface area contributed by atoms with Gasteiger partial charge in [-0.2, -0.15) is 0 Å². The topological polar surface area (TPSA) is 24.9 Å². The lowest BCUT2D eigenvalue weighted by Crippen LogP contribution is -2.18. The zero-order valence-electron chi connectivity index (χ0n) is 11.2. The molecule has 0 radical (unpaired) electrons.